The van der Waals surface area contributed by atoms with Gasteiger partial charge in [-0.05, 0) is 54.7 Å². The average Bonchev–Trinajstić information content (AvgIpc) is 2.37. The van der Waals surface area contributed by atoms with E-state index < -0.39 is 8.32 Å². The van der Waals surface area contributed by atoms with E-state index >= 15 is 0 Å². The van der Waals surface area contributed by atoms with Gasteiger partial charge in [-0.15, -0.1) is 0 Å². The zero-order chi connectivity index (χ0) is 15.7. The van der Waals surface area contributed by atoms with Crippen LogP contribution in [0.3, 0.4) is 0 Å². The Morgan fingerprint density at radius 1 is 1.33 bits per heavy atom. The Morgan fingerprint density at radius 2 is 2.05 bits per heavy atom. The summed E-state index contributed by atoms with van der Waals surface area (Å²) in [5.74, 6) is 1.04. The number of hydrogen-bond donors (Lipinski definition) is 0. The standard InChI is InChI=1S/C17H27BrO2Si/c1-17(2,3)21(4,5)19-11-10-15-8-6-13-12-14(18)7-9-16(13)20-15/h7,9,12,15H,6,8,10-11H2,1-5H3/t15-/m1/s1. The van der Waals surface area contributed by atoms with E-state index in [4.69, 9.17) is 9.16 Å². The van der Waals surface area contributed by atoms with Crippen molar-refractivity contribution in [1.82, 2.24) is 0 Å². The number of benzene rings is 1. The first-order chi connectivity index (χ1) is 9.69. The second kappa shape index (κ2) is 6.43. The molecule has 0 aromatic heterocycles. The van der Waals surface area contributed by atoms with Crippen molar-refractivity contribution in [2.45, 2.75) is 64.3 Å². The molecule has 0 aliphatic carbocycles. The molecule has 0 unspecified atom stereocenters. The van der Waals surface area contributed by atoms with E-state index in [0.29, 0.717) is 6.10 Å². The Bertz CT molecular complexity index is 494. The Balaban J connectivity index is 1.85. The second-order valence-corrected chi connectivity index (χ2v) is 13.2. The van der Waals surface area contributed by atoms with Crippen LogP contribution in [0.2, 0.25) is 18.1 Å². The van der Waals surface area contributed by atoms with Crippen LogP contribution in [-0.2, 0) is 10.8 Å². The molecule has 0 saturated heterocycles. The molecule has 0 amide bonds. The van der Waals surface area contributed by atoms with Gasteiger partial charge in [0, 0.05) is 17.5 Å². The van der Waals surface area contributed by atoms with Crippen LogP contribution < -0.4 is 4.74 Å². The first kappa shape index (κ1) is 17.0. The van der Waals surface area contributed by atoms with Crippen molar-refractivity contribution < 1.29 is 9.16 Å². The van der Waals surface area contributed by atoms with Crippen molar-refractivity contribution in [2.24, 2.45) is 0 Å². The highest BCUT2D eigenvalue weighted by molar-refractivity contribution is 9.10. The highest BCUT2D eigenvalue weighted by atomic mass is 79.9. The summed E-state index contributed by atoms with van der Waals surface area (Å²) in [6.07, 6.45) is 3.47. The number of halogens is 1. The maximum Gasteiger partial charge on any atom is 0.191 e. The minimum Gasteiger partial charge on any atom is -0.490 e. The Kier molecular flexibility index (Phi) is 5.22. The van der Waals surface area contributed by atoms with Gasteiger partial charge in [-0.25, -0.2) is 0 Å². The SMILES string of the molecule is CC(C)(C)[Si](C)(C)OCC[C@H]1CCc2cc(Br)ccc2O1. The van der Waals surface area contributed by atoms with Crippen LogP contribution in [0.15, 0.2) is 22.7 Å². The van der Waals surface area contributed by atoms with Gasteiger partial charge < -0.3 is 9.16 Å². The molecule has 0 bridgehead atoms. The topological polar surface area (TPSA) is 18.5 Å². The average molecular weight is 371 g/mol. The lowest BCUT2D eigenvalue weighted by Gasteiger charge is -2.36. The van der Waals surface area contributed by atoms with Crippen LogP contribution in [0.4, 0.5) is 0 Å². The highest BCUT2D eigenvalue weighted by Crippen LogP contribution is 2.37. The molecular weight excluding hydrogens is 344 g/mol. The summed E-state index contributed by atoms with van der Waals surface area (Å²) in [6, 6.07) is 6.28. The zero-order valence-corrected chi connectivity index (χ0v) is 16.4. The van der Waals surface area contributed by atoms with E-state index in [1.165, 1.54) is 5.56 Å². The molecule has 1 aliphatic heterocycles. The Morgan fingerprint density at radius 3 is 2.71 bits per heavy atom. The van der Waals surface area contributed by atoms with Crippen molar-refractivity contribution in [3.63, 3.8) is 0 Å². The van der Waals surface area contributed by atoms with Crippen LogP contribution in [0.1, 0.15) is 39.2 Å². The molecule has 2 rings (SSSR count). The lowest BCUT2D eigenvalue weighted by molar-refractivity contribution is 0.136. The maximum absolute atomic E-state index is 6.26. The van der Waals surface area contributed by atoms with Gasteiger partial charge in [-0.2, -0.15) is 0 Å². The minimum atomic E-state index is -1.63. The predicted octanol–water partition coefficient (Wildman–Crippen LogP) is 5.55. The van der Waals surface area contributed by atoms with Gasteiger partial charge in [-0.1, -0.05) is 36.7 Å². The molecule has 118 valence electrons. The predicted molar refractivity (Wildman–Crippen MR) is 94.6 cm³/mol. The molecule has 21 heavy (non-hydrogen) atoms. The summed E-state index contributed by atoms with van der Waals surface area (Å²) in [6.45, 7) is 12.3. The van der Waals surface area contributed by atoms with E-state index in [0.717, 1.165) is 36.1 Å². The molecule has 1 aliphatic rings. The number of aryl methyl sites for hydroxylation is 1. The first-order valence-corrected chi connectivity index (χ1v) is 11.5. The Labute approximate surface area is 138 Å². The van der Waals surface area contributed by atoms with Crippen LogP contribution in [-0.4, -0.2) is 21.0 Å². The van der Waals surface area contributed by atoms with Gasteiger partial charge in [-0.3, -0.25) is 0 Å². The van der Waals surface area contributed by atoms with E-state index in [1.807, 2.05) is 6.07 Å². The van der Waals surface area contributed by atoms with Crippen molar-refractivity contribution in [3.8, 4) is 5.75 Å². The van der Waals surface area contributed by atoms with Crippen LogP contribution in [0.25, 0.3) is 0 Å². The number of rotatable bonds is 4. The number of ether oxygens (including phenoxy) is 1. The van der Waals surface area contributed by atoms with E-state index in [1.54, 1.807) is 0 Å². The highest BCUT2D eigenvalue weighted by Gasteiger charge is 2.37. The van der Waals surface area contributed by atoms with Gasteiger partial charge in [0.05, 0.1) is 0 Å². The lowest BCUT2D eigenvalue weighted by Crippen LogP contribution is -2.41. The van der Waals surface area contributed by atoms with Crippen LogP contribution in [0, 0.1) is 0 Å². The zero-order valence-electron chi connectivity index (χ0n) is 13.8. The molecule has 1 atom stereocenters. The molecule has 1 heterocycles. The maximum atomic E-state index is 6.26. The molecule has 2 nitrogen and oxygen atoms in total. The molecule has 1 aromatic rings. The summed E-state index contributed by atoms with van der Waals surface area (Å²) in [4.78, 5) is 0. The largest absolute Gasteiger partial charge is 0.490 e. The van der Waals surface area contributed by atoms with Gasteiger partial charge in [0.15, 0.2) is 8.32 Å². The fourth-order valence-corrected chi connectivity index (χ4v) is 3.75. The minimum absolute atomic E-state index is 0.277. The molecule has 0 radical (unpaired) electrons. The van der Waals surface area contributed by atoms with Crippen molar-refractivity contribution >= 4 is 24.2 Å². The third-order valence-corrected chi connectivity index (χ3v) is 9.79. The lowest BCUT2D eigenvalue weighted by atomic mass is 10.0. The molecule has 4 heteroatoms. The fraction of sp³-hybridized carbons (Fsp3) is 0.647. The monoisotopic (exact) mass is 370 g/mol. The summed E-state index contributed by atoms with van der Waals surface area (Å²) >= 11 is 3.52. The van der Waals surface area contributed by atoms with Gasteiger partial charge in [0.1, 0.15) is 11.9 Å². The van der Waals surface area contributed by atoms with Gasteiger partial charge >= 0.3 is 0 Å². The summed E-state index contributed by atoms with van der Waals surface area (Å²) in [5, 5.41) is 0.277. The second-order valence-electron chi connectivity index (χ2n) is 7.43. The molecule has 0 N–H and O–H groups in total. The third kappa shape index (κ3) is 4.33. The molecule has 0 spiro atoms. The van der Waals surface area contributed by atoms with Crippen LogP contribution >= 0.6 is 15.9 Å². The summed E-state index contributed by atoms with van der Waals surface area (Å²) < 4.78 is 13.5. The first-order valence-electron chi connectivity index (χ1n) is 7.78. The van der Waals surface area contributed by atoms with E-state index in [-0.39, 0.29) is 5.04 Å². The third-order valence-electron chi connectivity index (χ3n) is 4.76. The summed E-state index contributed by atoms with van der Waals surface area (Å²) in [5.41, 5.74) is 1.31. The van der Waals surface area contributed by atoms with Crippen molar-refractivity contribution in [2.75, 3.05) is 6.61 Å². The fourth-order valence-electron chi connectivity index (χ4n) is 2.28. The molecule has 0 fully saturated rings. The van der Waals surface area contributed by atoms with Gasteiger partial charge in [0.25, 0.3) is 0 Å². The molecule has 0 saturated carbocycles. The quantitative estimate of drug-likeness (QED) is 0.646. The van der Waals surface area contributed by atoms with Crippen molar-refractivity contribution in [1.29, 1.82) is 0 Å². The Hall–Kier alpha value is -0.323. The number of hydrogen-bond acceptors (Lipinski definition) is 2. The summed E-state index contributed by atoms with van der Waals surface area (Å²) in [7, 11) is -1.63. The normalized spacial score (nSPS) is 19.0. The van der Waals surface area contributed by atoms with E-state index in [9.17, 15) is 0 Å². The molecular formula is C17H27BrO2Si. The van der Waals surface area contributed by atoms with Gasteiger partial charge in [0.2, 0.25) is 0 Å². The smallest absolute Gasteiger partial charge is 0.191 e. The van der Waals surface area contributed by atoms with Crippen molar-refractivity contribution in [3.05, 3.63) is 28.2 Å². The van der Waals surface area contributed by atoms with Crippen LogP contribution in [0.5, 0.6) is 5.75 Å². The number of fused-ring (bicyclic) bond motifs is 1. The van der Waals surface area contributed by atoms with E-state index in [2.05, 4.69) is 61.9 Å². The molecule has 1 aromatic carbocycles.